The van der Waals surface area contributed by atoms with Crippen molar-refractivity contribution >= 4 is 34.3 Å². The van der Waals surface area contributed by atoms with E-state index in [0.29, 0.717) is 18.4 Å². The minimum atomic E-state index is -0.332. The SMILES string of the molecule is NC(=O)CCNc1nc(Nc2ccc3[nH]ncc3c2)ncc1C1CC1. The van der Waals surface area contributed by atoms with Gasteiger partial charge in [0.2, 0.25) is 11.9 Å². The average molecular weight is 337 g/mol. The number of amides is 1. The number of hydrogen-bond acceptors (Lipinski definition) is 6. The predicted octanol–water partition coefficient (Wildman–Crippen LogP) is 2.26. The number of H-pyrrole nitrogens is 1. The van der Waals surface area contributed by atoms with E-state index in [0.717, 1.165) is 40.8 Å². The first-order valence-corrected chi connectivity index (χ1v) is 8.28. The molecule has 1 amide bonds. The second-order valence-corrected chi connectivity index (χ2v) is 6.21. The van der Waals surface area contributed by atoms with Crippen molar-refractivity contribution < 1.29 is 4.79 Å². The molecule has 128 valence electrons. The first kappa shape index (κ1) is 15.4. The van der Waals surface area contributed by atoms with Crippen molar-refractivity contribution in [1.82, 2.24) is 20.2 Å². The smallest absolute Gasteiger partial charge is 0.229 e. The van der Waals surface area contributed by atoms with E-state index in [-0.39, 0.29) is 12.3 Å². The van der Waals surface area contributed by atoms with Crippen molar-refractivity contribution in [2.45, 2.75) is 25.2 Å². The lowest BCUT2D eigenvalue weighted by Crippen LogP contribution is -2.17. The first-order valence-electron chi connectivity index (χ1n) is 8.28. The van der Waals surface area contributed by atoms with Gasteiger partial charge >= 0.3 is 0 Å². The van der Waals surface area contributed by atoms with Crippen LogP contribution < -0.4 is 16.4 Å². The zero-order chi connectivity index (χ0) is 17.2. The van der Waals surface area contributed by atoms with Gasteiger partial charge in [-0.05, 0) is 37.0 Å². The molecule has 0 spiro atoms. The minimum Gasteiger partial charge on any atom is -0.370 e. The summed E-state index contributed by atoms with van der Waals surface area (Å²) in [5.74, 6) is 1.45. The van der Waals surface area contributed by atoms with E-state index < -0.39 is 0 Å². The molecular weight excluding hydrogens is 318 g/mol. The van der Waals surface area contributed by atoms with Gasteiger partial charge in [0.05, 0.1) is 11.7 Å². The fourth-order valence-electron chi connectivity index (χ4n) is 2.74. The molecule has 0 unspecified atom stereocenters. The molecule has 1 fully saturated rings. The van der Waals surface area contributed by atoms with Crippen LogP contribution in [0.3, 0.4) is 0 Å². The summed E-state index contributed by atoms with van der Waals surface area (Å²) in [4.78, 5) is 20.0. The van der Waals surface area contributed by atoms with Crippen LogP contribution in [0.5, 0.6) is 0 Å². The highest BCUT2D eigenvalue weighted by molar-refractivity contribution is 5.82. The van der Waals surface area contributed by atoms with Crippen LogP contribution >= 0.6 is 0 Å². The van der Waals surface area contributed by atoms with Crippen LogP contribution in [0.4, 0.5) is 17.5 Å². The van der Waals surface area contributed by atoms with Gasteiger partial charge in [0, 0.05) is 35.8 Å². The number of primary amides is 1. The number of nitrogens with one attached hydrogen (secondary N) is 3. The molecular formula is C17H19N7O. The number of carbonyl (C=O) groups is 1. The summed E-state index contributed by atoms with van der Waals surface area (Å²) in [5.41, 5.74) is 8.16. The Morgan fingerprint density at radius 1 is 1.32 bits per heavy atom. The van der Waals surface area contributed by atoms with E-state index in [2.05, 4.69) is 30.8 Å². The quantitative estimate of drug-likeness (QED) is 0.524. The van der Waals surface area contributed by atoms with E-state index in [1.54, 1.807) is 6.20 Å². The Labute approximate surface area is 144 Å². The van der Waals surface area contributed by atoms with Gasteiger partial charge in [-0.2, -0.15) is 10.1 Å². The fraction of sp³-hybridized carbons (Fsp3) is 0.294. The van der Waals surface area contributed by atoms with E-state index >= 15 is 0 Å². The maximum Gasteiger partial charge on any atom is 0.229 e. The first-order chi connectivity index (χ1) is 12.2. The number of rotatable bonds is 7. The van der Waals surface area contributed by atoms with Crippen LogP contribution in [0.2, 0.25) is 0 Å². The van der Waals surface area contributed by atoms with Gasteiger partial charge in [-0.3, -0.25) is 9.89 Å². The van der Waals surface area contributed by atoms with Crippen molar-refractivity contribution in [3.63, 3.8) is 0 Å². The summed E-state index contributed by atoms with van der Waals surface area (Å²) in [6.07, 6.45) is 6.20. The molecule has 1 aliphatic rings. The maximum absolute atomic E-state index is 10.9. The summed E-state index contributed by atoms with van der Waals surface area (Å²) >= 11 is 0. The number of nitrogens with two attached hydrogens (primary N) is 1. The van der Waals surface area contributed by atoms with E-state index in [1.165, 1.54) is 0 Å². The highest BCUT2D eigenvalue weighted by atomic mass is 16.1. The number of hydrogen-bond donors (Lipinski definition) is 4. The van der Waals surface area contributed by atoms with Crippen molar-refractivity contribution in [1.29, 1.82) is 0 Å². The van der Waals surface area contributed by atoms with Crippen molar-refractivity contribution in [3.05, 3.63) is 36.2 Å². The highest BCUT2D eigenvalue weighted by Crippen LogP contribution is 2.42. The number of anilines is 3. The molecule has 2 aromatic heterocycles. The number of aromatic amines is 1. The molecule has 2 heterocycles. The Kier molecular flexibility index (Phi) is 3.93. The van der Waals surface area contributed by atoms with Crippen LogP contribution in [-0.2, 0) is 4.79 Å². The monoisotopic (exact) mass is 337 g/mol. The molecule has 0 radical (unpaired) electrons. The fourth-order valence-corrected chi connectivity index (χ4v) is 2.74. The Balaban J connectivity index is 1.55. The summed E-state index contributed by atoms with van der Waals surface area (Å²) in [6.45, 7) is 0.465. The lowest BCUT2D eigenvalue weighted by molar-refractivity contribution is -0.117. The Morgan fingerprint density at radius 2 is 2.20 bits per heavy atom. The van der Waals surface area contributed by atoms with Gasteiger partial charge < -0.3 is 16.4 Å². The van der Waals surface area contributed by atoms with Gasteiger partial charge in [0.1, 0.15) is 5.82 Å². The highest BCUT2D eigenvalue weighted by Gasteiger charge is 2.27. The molecule has 25 heavy (non-hydrogen) atoms. The second kappa shape index (κ2) is 6.39. The average Bonchev–Trinajstić information content (AvgIpc) is 3.32. The van der Waals surface area contributed by atoms with Gasteiger partial charge in [0.15, 0.2) is 0 Å². The molecule has 8 heteroatoms. The van der Waals surface area contributed by atoms with Gasteiger partial charge in [0.25, 0.3) is 0 Å². The number of aromatic nitrogens is 4. The number of fused-ring (bicyclic) bond motifs is 1. The van der Waals surface area contributed by atoms with Gasteiger partial charge in [-0.25, -0.2) is 4.98 Å². The van der Waals surface area contributed by atoms with Crippen molar-refractivity contribution in [3.8, 4) is 0 Å². The number of benzene rings is 1. The predicted molar refractivity (Wildman–Crippen MR) is 95.7 cm³/mol. The van der Waals surface area contributed by atoms with Crippen LogP contribution in [0, 0.1) is 0 Å². The van der Waals surface area contributed by atoms with Crippen LogP contribution in [0.15, 0.2) is 30.6 Å². The molecule has 8 nitrogen and oxygen atoms in total. The van der Waals surface area contributed by atoms with E-state index in [1.807, 2.05) is 24.4 Å². The molecule has 1 aromatic carbocycles. The van der Waals surface area contributed by atoms with Crippen LogP contribution in [0.1, 0.15) is 30.7 Å². The summed E-state index contributed by atoms with van der Waals surface area (Å²) in [6, 6.07) is 5.88. The van der Waals surface area contributed by atoms with E-state index in [9.17, 15) is 4.79 Å². The molecule has 1 saturated carbocycles. The molecule has 4 rings (SSSR count). The van der Waals surface area contributed by atoms with Crippen LogP contribution in [-0.4, -0.2) is 32.6 Å². The van der Waals surface area contributed by atoms with Crippen LogP contribution in [0.25, 0.3) is 10.9 Å². The molecule has 0 bridgehead atoms. The van der Waals surface area contributed by atoms with Gasteiger partial charge in [-0.15, -0.1) is 0 Å². The summed E-state index contributed by atoms with van der Waals surface area (Å²) in [5, 5.41) is 14.4. The normalized spacial score (nSPS) is 13.8. The third-order valence-electron chi connectivity index (χ3n) is 4.19. The minimum absolute atomic E-state index is 0.272. The molecule has 0 saturated heterocycles. The maximum atomic E-state index is 10.9. The Hall–Kier alpha value is -3.16. The number of nitrogens with zero attached hydrogens (tertiary/aromatic N) is 3. The lowest BCUT2D eigenvalue weighted by atomic mass is 10.2. The zero-order valence-corrected chi connectivity index (χ0v) is 13.6. The summed E-state index contributed by atoms with van der Waals surface area (Å²) in [7, 11) is 0. The van der Waals surface area contributed by atoms with Crippen molar-refractivity contribution in [2.75, 3.05) is 17.2 Å². The molecule has 0 atom stereocenters. The van der Waals surface area contributed by atoms with Gasteiger partial charge in [-0.1, -0.05) is 0 Å². The Morgan fingerprint density at radius 3 is 3.00 bits per heavy atom. The standard InChI is InChI=1S/C17H19N7O/c18-15(25)5-6-19-16-13(10-1-2-10)9-20-17(23-16)22-12-3-4-14-11(7-12)8-21-24-14/h3-4,7-10H,1-2,5-6H2,(H2,18,25)(H,21,24)(H2,19,20,22,23). The topological polar surface area (TPSA) is 122 Å². The molecule has 0 aliphatic heterocycles. The second-order valence-electron chi connectivity index (χ2n) is 6.21. The van der Waals surface area contributed by atoms with E-state index in [4.69, 9.17) is 5.73 Å². The Bertz CT molecular complexity index is 916. The number of carbonyl (C=O) groups excluding carboxylic acids is 1. The van der Waals surface area contributed by atoms with Crippen molar-refractivity contribution in [2.24, 2.45) is 5.73 Å². The zero-order valence-electron chi connectivity index (χ0n) is 13.6. The lowest BCUT2D eigenvalue weighted by Gasteiger charge is -2.12. The third-order valence-corrected chi connectivity index (χ3v) is 4.19. The summed E-state index contributed by atoms with van der Waals surface area (Å²) < 4.78 is 0. The molecule has 3 aromatic rings. The molecule has 5 N–H and O–H groups in total. The molecule has 1 aliphatic carbocycles. The third kappa shape index (κ3) is 3.52. The largest absolute Gasteiger partial charge is 0.370 e.